The number of nitrogens with zero attached hydrogens (tertiary/aromatic N) is 3. The summed E-state index contributed by atoms with van der Waals surface area (Å²) in [6.45, 7) is 5.59. The molecule has 1 N–H and O–H groups in total. The van der Waals surface area contributed by atoms with Crippen LogP contribution in [-0.4, -0.2) is 20.7 Å². The Balaban J connectivity index is 1.53. The third kappa shape index (κ3) is 4.89. The minimum atomic E-state index is -0.330. The van der Waals surface area contributed by atoms with Crippen molar-refractivity contribution in [2.45, 2.75) is 27.4 Å². The lowest BCUT2D eigenvalue weighted by molar-refractivity contribution is 0.103. The summed E-state index contributed by atoms with van der Waals surface area (Å²) in [6.07, 6.45) is 0. The first kappa shape index (κ1) is 23.3. The van der Waals surface area contributed by atoms with Gasteiger partial charge in [0, 0.05) is 18.8 Å². The lowest BCUT2D eigenvalue weighted by Gasteiger charge is -2.09. The van der Waals surface area contributed by atoms with Crippen LogP contribution >= 0.6 is 11.3 Å². The molecule has 174 valence electrons. The Morgan fingerprint density at radius 2 is 1.88 bits per heavy atom. The number of aromatic nitrogens is 3. The van der Waals surface area contributed by atoms with Gasteiger partial charge < -0.3 is 10.1 Å². The van der Waals surface area contributed by atoms with Crippen LogP contribution in [0.15, 0.2) is 53.3 Å². The Kier molecular flexibility index (Phi) is 6.56. The number of nitrogens with one attached hydrogen (secondary N) is 1. The van der Waals surface area contributed by atoms with Gasteiger partial charge >= 0.3 is 0 Å². The molecule has 0 spiro atoms. The molecule has 34 heavy (non-hydrogen) atoms. The van der Waals surface area contributed by atoms with E-state index in [-0.39, 0.29) is 23.9 Å². The zero-order valence-electron chi connectivity index (χ0n) is 19.2. The average molecular weight is 479 g/mol. The van der Waals surface area contributed by atoms with Gasteiger partial charge in [-0.25, -0.2) is 14.1 Å². The molecule has 0 atom stereocenters. The van der Waals surface area contributed by atoms with Crippen LogP contribution in [0, 0.1) is 26.6 Å². The third-order valence-electron chi connectivity index (χ3n) is 5.33. The monoisotopic (exact) mass is 478 g/mol. The predicted octanol–water partition coefficient (Wildman–Crippen LogP) is 4.80. The fourth-order valence-corrected chi connectivity index (χ4v) is 4.51. The summed E-state index contributed by atoms with van der Waals surface area (Å²) in [5.74, 6) is -0.115. The lowest BCUT2D eigenvalue weighted by Crippen LogP contribution is -2.23. The number of rotatable bonds is 6. The second-order valence-corrected chi connectivity index (χ2v) is 8.85. The molecule has 0 fully saturated rings. The molecule has 2 heterocycles. The van der Waals surface area contributed by atoms with Crippen LogP contribution in [0.25, 0.3) is 10.6 Å². The van der Waals surface area contributed by atoms with E-state index in [1.165, 1.54) is 28.2 Å². The van der Waals surface area contributed by atoms with E-state index in [0.717, 1.165) is 11.3 Å². The highest BCUT2D eigenvalue weighted by Crippen LogP contribution is 2.29. The summed E-state index contributed by atoms with van der Waals surface area (Å²) in [5, 5.41) is 7.54. The highest BCUT2D eigenvalue weighted by Gasteiger charge is 2.21. The predicted molar refractivity (Wildman–Crippen MR) is 130 cm³/mol. The quantitative estimate of drug-likeness (QED) is 0.430. The van der Waals surface area contributed by atoms with E-state index >= 15 is 0 Å². The van der Waals surface area contributed by atoms with Crippen molar-refractivity contribution in [2.24, 2.45) is 7.05 Å². The van der Waals surface area contributed by atoms with E-state index in [1.54, 1.807) is 50.4 Å². The van der Waals surface area contributed by atoms with Crippen LogP contribution in [0.5, 0.6) is 5.75 Å². The van der Waals surface area contributed by atoms with Crippen LogP contribution in [0.1, 0.15) is 32.2 Å². The van der Waals surface area contributed by atoms with Crippen LogP contribution in [0.3, 0.4) is 0 Å². The molecule has 2 aromatic carbocycles. The lowest BCUT2D eigenvalue weighted by atomic mass is 10.1. The van der Waals surface area contributed by atoms with E-state index in [9.17, 15) is 14.0 Å². The number of halogens is 1. The average Bonchev–Trinajstić information content (AvgIpc) is 3.18. The van der Waals surface area contributed by atoms with Crippen LogP contribution in [0.4, 0.5) is 10.1 Å². The largest absolute Gasteiger partial charge is 0.489 e. The number of hydrogen-bond donors (Lipinski definition) is 1. The normalized spacial score (nSPS) is 10.9. The van der Waals surface area contributed by atoms with E-state index in [1.807, 2.05) is 13.8 Å². The number of thiazole rings is 1. The maximum atomic E-state index is 13.4. The molecule has 0 unspecified atom stereocenters. The number of amides is 1. The van der Waals surface area contributed by atoms with Gasteiger partial charge in [0.1, 0.15) is 28.1 Å². The molecule has 0 bridgehead atoms. The van der Waals surface area contributed by atoms with Gasteiger partial charge in [-0.2, -0.15) is 5.10 Å². The molecule has 0 radical (unpaired) electrons. The minimum Gasteiger partial charge on any atom is -0.489 e. The van der Waals surface area contributed by atoms with Gasteiger partial charge in [-0.05, 0) is 56.2 Å². The highest BCUT2D eigenvalue weighted by molar-refractivity contribution is 7.17. The smallest absolute Gasteiger partial charge is 0.277 e. The molecule has 4 rings (SSSR count). The van der Waals surface area contributed by atoms with Gasteiger partial charge in [0.25, 0.3) is 11.5 Å². The Bertz CT molecular complexity index is 1440. The van der Waals surface area contributed by atoms with Crippen LogP contribution in [-0.2, 0) is 13.7 Å². The van der Waals surface area contributed by atoms with Gasteiger partial charge in [-0.15, -0.1) is 11.3 Å². The first-order chi connectivity index (χ1) is 16.2. The molecule has 0 aliphatic heterocycles. The number of benzene rings is 2. The molecule has 9 heteroatoms. The zero-order chi connectivity index (χ0) is 24.4. The number of carbonyl (C=O) groups excluding carboxylic acids is 1. The Morgan fingerprint density at radius 1 is 1.12 bits per heavy atom. The highest BCUT2D eigenvalue weighted by atomic mass is 32.1. The SMILES string of the molecule is Cc1nc(-c2c(C)c(C)nn(C)c2=O)sc1C(=O)Nc1cccc(OCc2cccc(F)c2)c1. The second-order valence-electron chi connectivity index (χ2n) is 7.85. The van der Waals surface area contributed by atoms with Crippen molar-refractivity contribution in [3.63, 3.8) is 0 Å². The number of hydrogen-bond acceptors (Lipinski definition) is 6. The first-order valence-corrected chi connectivity index (χ1v) is 11.4. The maximum absolute atomic E-state index is 13.4. The Morgan fingerprint density at radius 3 is 2.65 bits per heavy atom. The minimum absolute atomic E-state index is 0.201. The molecule has 2 aromatic heterocycles. The van der Waals surface area contributed by atoms with Crippen LogP contribution < -0.4 is 15.6 Å². The van der Waals surface area contributed by atoms with Crippen molar-refractivity contribution in [2.75, 3.05) is 5.32 Å². The molecule has 0 saturated heterocycles. The molecule has 1 amide bonds. The number of ether oxygens (including phenoxy) is 1. The summed E-state index contributed by atoms with van der Waals surface area (Å²) in [6, 6.07) is 13.1. The molecular weight excluding hydrogens is 455 g/mol. The van der Waals surface area contributed by atoms with Gasteiger partial charge in [0.05, 0.1) is 17.0 Å². The summed E-state index contributed by atoms with van der Waals surface area (Å²) in [7, 11) is 1.59. The standard InChI is InChI=1S/C25H23FN4O3S/c1-14-15(2)29-30(4)25(32)21(14)24-27-16(3)22(34-24)23(31)28-19-9-6-10-20(12-19)33-13-17-7-5-8-18(26)11-17/h5-12H,13H2,1-4H3,(H,28,31). The molecule has 7 nitrogen and oxygen atoms in total. The number of anilines is 1. The van der Waals surface area contributed by atoms with E-state index in [0.29, 0.717) is 38.1 Å². The van der Waals surface area contributed by atoms with Crippen molar-refractivity contribution in [3.05, 3.63) is 92.1 Å². The Hall–Kier alpha value is -3.85. The van der Waals surface area contributed by atoms with Gasteiger partial charge in [0.2, 0.25) is 0 Å². The molecule has 4 aromatic rings. The topological polar surface area (TPSA) is 86.1 Å². The Labute approximate surface area is 199 Å². The first-order valence-electron chi connectivity index (χ1n) is 10.5. The maximum Gasteiger partial charge on any atom is 0.277 e. The van der Waals surface area contributed by atoms with Crippen molar-refractivity contribution < 1.29 is 13.9 Å². The van der Waals surface area contributed by atoms with Crippen molar-refractivity contribution >= 4 is 22.9 Å². The summed E-state index contributed by atoms with van der Waals surface area (Å²) >= 11 is 1.17. The van der Waals surface area contributed by atoms with Gasteiger partial charge in [0.15, 0.2) is 0 Å². The van der Waals surface area contributed by atoms with Crippen molar-refractivity contribution in [1.29, 1.82) is 0 Å². The van der Waals surface area contributed by atoms with Gasteiger partial charge in [-0.1, -0.05) is 18.2 Å². The van der Waals surface area contributed by atoms with Gasteiger partial charge in [-0.3, -0.25) is 9.59 Å². The molecular formula is C25H23FN4O3S. The molecule has 0 aliphatic rings. The van der Waals surface area contributed by atoms with Crippen molar-refractivity contribution in [3.8, 4) is 16.3 Å². The summed E-state index contributed by atoms with van der Waals surface area (Å²) in [4.78, 5) is 30.6. The van der Waals surface area contributed by atoms with Crippen molar-refractivity contribution in [1.82, 2.24) is 14.8 Å². The van der Waals surface area contributed by atoms with E-state index < -0.39 is 0 Å². The zero-order valence-corrected chi connectivity index (χ0v) is 20.0. The second kappa shape index (κ2) is 9.56. The fourth-order valence-electron chi connectivity index (χ4n) is 3.46. The molecule has 0 aliphatic carbocycles. The third-order valence-corrected chi connectivity index (χ3v) is 6.50. The molecule has 0 saturated carbocycles. The van der Waals surface area contributed by atoms with Crippen LogP contribution in [0.2, 0.25) is 0 Å². The number of aryl methyl sites for hydroxylation is 3. The number of carbonyl (C=O) groups is 1. The van der Waals surface area contributed by atoms with E-state index in [2.05, 4.69) is 15.4 Å². The summed E-state index contributed by atoms with van der Waals surface area (Å²) < 4.78 is 20.4. The fraction of sp³-hybridized carbons (Fsp3) is 0.200. The summed E-state index contributed by atoms with van der Waals surface area (Å²) in [5.41, 5.74) is 3.45. The van der Waals surface area contributed by atoms with E-state index in [4.69, 9.17) is 4.74 Å².